The number of methoxy groups -OCH3 is 1. The van der Waals surface area contributed by atoms with Crippen molar-refractivity contribution in [3.8, 4) is 0 Å². The molecule has 0 radical (unpaired) electrons. The minimum absolute atomic E-state index is 0.187. The first kappa shape index (κ1) is 18.9. The Balaban J connectivity index is 3.43. The van der Waals surface area contributed by atoms with E-state index >= 15 is 0 Å². The van der Waals surface area contributed by atoms with Gasteiger partial charge in [-0.3, -0.25) is 9.59 Å². The number of hydrogen-bond donors (Lipinski definition) is 0. The number of rotatable bonds is 12. The summed E-state index contributed by atoms with van der Waals surface area (Å²) in [6, 6.07) is 0. The highest BCUT2D eigenvalue weighted by Crippen LogP contribution is 2.08. The Morgan fingerprint density at radius 2 is 1.50 bits per heavy atom. The maximum atomic E-state index is 11.4. The lowest BCUT2D eigenvalue weighted by Crippen LogP contribution is -2.10. The number of ether oxygens (including phenoxy) is 3. The molecule has 0 amide bonds. The van der Waals surface area contributed by atoms with Gasteiger partial charge in [0, 0.05) is 26.6 Å². The van der Waals surface area contributed by atoms with Crippen molar-refractivity contribution in [2.24, 2.45) is 5.92 Å². The fraction of sp³-hybridized carbons (Fsp3) is 0.867. The molecule has 20 heavy (non-hydrogen) atoms. The lowest BCUT2D eigenvalue weighted by Gasteiger charge is -2.10. The number of unbranched alkanes of at least 4 members (excludes halogenated alkanes) is 1. The predicted molar refractivity (Wildman–Crippen MR) is 76.3 cm³/mol. The van der Waals surface area contributed by atoms with E-state index in [9.17, 15) is 9.59 Å². The summed E-state index contributed by atoms with van der Waals surface area (Å²) in [5.41, 5.74) is 0. The molecule has 0 aliphatic carbocycles. The van der Waals surface area contributed by atoms with Crippen LogP contribution in [0.15, 0.2) is 0 Å². The van der Waals surface area contributed by atoms with Gasteiger partial charge in [-0.1, -0.05) is 6.92 Å². The molecular weight excluding hydrogens is 260 g/mol. The van der Waals surface area contributed by atoms with E-state index in [1.807, 2.05) is 0 Å². The summed E-state index contributed by atoms with van der Waals surface area (Å²) in [4.78, 5) is 22.5. The zero-order valence-electron chi connectivity index (χ0n) is 13.0. The highest BCUT2D eigenvalue weighted by Gasteiger charge is 2.07. The normalized spacial score (nSPS) is 11.9. The lowest BCUT2D eigenvalue weighted by atomic mass is 10.1. The quantitative estimate of drug-likeness (QED) is 0.408. The van der Waals surface area contributed by atoms with Crippen molar-refractivity contribution < 1.29 is 23.8 Å². The monoisotopic (exact) mass is 288 g/mol. The molecule has 0 aliphatic heterocycles. The average molecular weight is 288 g/mol. The van der Waals surface area contributed by atoms with Crippen LogP contribution in [0.2, 0.25) is 0 Å². The van der Waals surface area contributed by atoms with Gasteiger partial charge in [0.05, 0.1) is 13.2 Å². The minimum atomic E-state index is -0.201. The molecule has 0 rings (SSSR count). The van der Waals surface area contributed by atoms with Gasteiger partial charge in [0.2, 0.25) is 0 Å². The summed E-state index contributed by atoms with van der Waals surface area (Å²) in [6.07, 6.45) is 3.90. The number of esters is 2. The van der Waals surface area contributed by atoms with Gasteiger partial charge in [0.25, 0.3) is 0 Å². The zero-order valence-corrected chi connectivity index (χ0v) is 13.0. The van der Waals surface area contributed by atoms with Gasteiger partial charge in [-0.15, -0.1) is 0 Å². The van der Waals surface area contributed by atoms with Crippen molar-refractivity contribution in [1.29, 1.82) is 0 Å². The number of carbonyl (C=O) groups is 2. The predicted octanol–water partition coefficient (Wildman–Crippen LogP) is 2.72. The van der Waals surface area contributed by atoms with Gasteiger partial charge in [-0.05, 0) is 38.5 Å². The largest absolute Gasteiger partial charge is 0.466 e. The molecule has 0 fully saturated rings. The second kappa shape index (κ2) is 12.9. The maximum Gasteiger partial charge on any atom is 0.305 e. The van der Waals surface area contributed by atoms with E-state index in [1.165, 1.54) is 0 Å². The Hall–Kier alpha value is -1.10. The van der Waals surface area contributed by atoms with Crippen molar-refractivity contribution in [3.05, 3.63) is 0 Å². The third-order valence-electron chi connectivity index (χ3n) is 3.01. The van der Waals surface area contributed by atoms with Gasteiger partial charge in [0.15, 0.2) is 0 Å². The molecule has 0 N–H and O–H groups in total. The topological polar surface area (TPSA) is 61.8 Å². The molecule has 0 aromatic carbocycles. The van der Waals surface area contributed by atoms with Crippen LogP contribution in [-0.4, -0.2) is 38.9 Å². The highest BCUT2D eigenvalue weighted by atomic mass is 16.5. The second-order valence-electron chi connectivity index (χ2n) is 4.91. The summed E-state index contributed by atoms with van der Waals surface area (Å²) in [6.45, 7) is 5.50. The molecule has 0 aliphatic rings. The summed E-state index contributed by atoms with van der Waals surface area (Å²) < 4.78 is 15.0. The summed E-state index contributed by atoms with van der Waals surface area (Å²) in [5.74, 6) is 0.104. The van der Waals surface area contributed by atoms with E-state index in [-0.39, 0.29) is 11.9 Å². The van der Waals surface area contributed by atoms with Crippen molar-refractivity contribution >= 4 is 11.9 Å². The Labute approximate surface area is 122 Å². The maximum absolute atomic E-state index is 11.4. The van der Waals surface area contributed by atoms with Crippen molar-refractivity contribution in [2.75, 3.05) is 26.9 Å². The van der Waals surface area contributed by atoms with E-state index in [0.717, 1.165) is 19.4 Å². The molecule has 1 unspecified atom stereocenters. The smallest absolute Gasteiger partial charge is 0.305 e. The molecule has 0 heterocycles. The number of carbonyl (C=O) groups excluding carboxylic acids is 2. The van der Waals surface area contributed by atoms with Crippen LogP contribution in [-0.2, 0) is 23.8 Å². The molecular formula is C15H28O5. The third kappa shape index (κ3) is 12.0. The fourth-order valence-electron chi connectivity index (χ4n) is 1.68. The first-order chi connectivity index (χ1) is 9.60. The van der Waals surface area contributed by atoms with Crippen LogP contribution in [0.25, 0.3) is 0 Å². The molecule has 0 aromatic rings. The molecule has 0 bridgehead atoms. The minimum Gasteiger partial charge on any atom is -0.466 e. The molecule has 0 saturated carbocycles. The summed E-state index contributed by atoms with van der Waals surface area (Å²) in [5, 5.41) is 0. The average Bonchev–Trinajstić information content (AvgIpc) is 2.41. The van der Waals surface area contributed by atoms with Crippen molar-refractivity contribution in [1.82, 2.24) is 0 Å². The second-order valence-corrected chi connectivity index (χ2v) is 4.91. The molecule has 5 heteroatoms. The van der Waals surface area contributed by atoms with Crippen LogP contribution < -0.4 is 0 Å². The van der Waals surface area contributed by atoms with Crippen LogP contribution >= 0.6 is 0 Å². The van der Waals surface area contributed by atoms with Crippen molar-refractivity contribution in [3.63, 3.8) is 0 Å². The van der Waals surface area contributed by atoms with Gasteiger partial charge in [-0.2, -0.15) is 0 Å². The molecule has 0 saturated heterocycles. The van der Waals surface area contributed by atoms with E-state index in [0.29, 0.717) is 44.8 Å². The van der Waals surface area contributed by atoms with Crippen LogP contribution in [0.3, 0.4) is 0 Å². The van der Waals surface area contributed by atoms with Gasteiger partial charge in [-0.25, -0.2) is 0 Å². The molecule has 0 aromatic heterocycles. The zero-order chi connectivity index (χ0) is 15.2. The summed E-state index contributed by atoms with van der Waals surface area (Å²) in [7, 11) is 1.68. The first-order valence-corrected chi connectivity index (χ1v) is 7.40. The fourth-order valence-corrected chi connectivity index (χ4v) is 1.68. The molecule has 1 atom stereocenters. The van der Waals surface area contributed by atoms with Gasteiger partial charge < -0.3 is 14.2 Å². The first-order valence-electron chi connectivity index (χ1n) is 7.40. The Morgan fingerprint density at radius 3 is 2.05 bits per heavy atom. The highest BCUT2D eigenvalue weighted by molar-refractivity contribution is 5.70. The Morgan fingerprint density at radius 1 is 0.950 bits per heavy atom. The van der Waals surface area contributed by atoms with E-state index in [2.05, 4.69) is 6.92 Å². The lowest BCUT2D eigenvalue weighted by molar-refractivity contribution is -0.145. The molecule has 118 valence electrons. The Kier molecular flexibility index (Phi) is 12.2. The van der Waals surface area contributed by atoms with Crippen LogP contribution in [0.4, 0.5) is 0 Å². The third-order valence-corrected chi connectivity index (χ3v) is 3.01. The van der Waals surface area contributed by atoms with E-state index in [1.54, 1.807) is 14.0 Å². The molecule has 5 nitrogen and oxygen atoms in total. The van der Waals surface area contributed by atoms with Crippen LogP contribution in [0, 0.1) is 5.92 Å². The number of hydrogen-bond acceptors (Lipinski definition) is 5. The summed E-state index contributed by atoms with van der Waals surface area (Å²) >= 11 is 0. The SMILES string of the molecule is CCOC(=O)CCCCC(=O)OCCC(C)CCOC. The van der Waals surface area contributed by atoms with Gasteiger partial charge >= 0.3 is 11.9 Å². The van der Waals surface area contributed by atoms with Gasteiger partial charge in [0.1, 0.15) is 0 Å². The molecule has 0 spiro atoms. The van der Waals surface area contributed by atoms with E-state index < -0.39 is 0 Å². The van der Waals surface area contributed by atoms with Crippen LogP contribution in [0.1, 0.15) is 52.4 Å². The van der Waals surface area contributed by atoms with E-state index in [4.69, 9.17) is 14.2 Å². The van der Waals surface area contributed by atoms with Crippen LogP contribution in [0.5, 0.6) is 0 Å². The Bertz CT molecular complexity index is 265. The standard InChI is InChI=1S/C15H28O5/c1-4-19-14(16)7-5-6-8-15(17)20-12-10-13(2)9-11-18-3/h13H,4-12H2,1-3H3. The van der Waals surface area contributed by atoms with Crippen molar-refractivity contribution in [2.45, 2.75) is 52.4 Å².